The van der Waals surface area contributed by atoms with Gasteiger partial charge in [0.05, 0.1) is 17.3 Å². The lowest BCUT2D eigenvalue weighted by Gasteiger charge is -2.06. The highest BCUT2D eigenvalue weighted by Gasteiger charge is 2.26. The number of likely N-dealkylation sites (tertiary alicyclic amines) is 1. The Labute approximate surface area is 106 Å². The summed E-state index contributed by atoms with van der Waals surface area (Å²) >= 11 is 1.49. The highest BCUT2D eigenvalue weighted by Crippen LogP contribution is 2.31. The zero-order chi connectivity index (χ0) is 12.4. The number of esters is 1. The van der Waals surface area contributed by atoms with Gasteiger partial charge in [-0.3, -0.25) is 0 Å². The van der Waals surface area contributed by atoms with Crippen molar-refractivity contribution in [3.05, 3.63) is 15.6 Å². The minimum Gasteiger partial charge on any atom is -0.462 e. The van der Waals surface area contributed by atoms with Gasteiger partial charge in [0.1, 0.15) is 4.88 Å². The second-order valence-corrected chi connectivity index (χ2v) is 5.47. The van der Waals surface area contributed by atoms with Gasteiger partial charge < -0.3 is 9.64 Å². The first-order chi connectivity index (χ1) is 8.11. The zero-order valence-electron chi connectivity index (χ0n) is 10.5. The van der Waals surface area contributed by atoms with Gasteiger partial charge in [-0.2, -0.15) is 0 Å². The van der Waals surface area contributed by atoms with Crippen LogP contribution in [0.5, 0.6) is 0 Å². The minimum absolute atomic E-state index is 0.236. The van der Waals surface area contributed by atoms with Crippen LogP contribution >= 0.6 is 11.3 Å². The van der Waals surface area contributed by atoms with Crippen molar-refractivity contribution in [2.24, 2.45) is 0 Å². The van der Waals surface area contributed by atoms with E-state index in [0.29, 0.717) is 17.4 Å². The Morgan fingerprint density at radius 1 is 1.65 bits per heavy atom. The molecular weight excluding hydrogens is 236 g/mol. The highest BCUT2D eigenvalue weighted by atomic mass is 32.1. The fourth-order valence-electron chi connectivity index (χ4n) is 2.11. The number of rotatable bonds is 3. The van der Waals surface area contributed by atoms with Crippen LogP contribution in [0.15, 0.2) is 0 Å². The summed E-state index contributed by atoms with van der Waals surface area (Å²) in [6.07, 6.45) is 1.13. The summed E-state index contributed by atoms with van der Waals surface area (Å²) in [6, 6.07) is 0. The Morgan fingerprint density at radius 2 is 2.41 bits per heavy atom. The normalized spacial score (nSPS) is 20.8. The summed E-state index contributed by atoms with van der Waals surface area (Å²) in [5.74, 6) is 0.243. The number of hydrogen-bond donors (Lipinski definition) is 0. The fourth-order valence-corrected chi connectivity index (χ4v) is 3.20. The molecule has 1 saturated heterocycles. The van der Waals surface area contributed by atoms with Crippen LogP contribution in [0.2, 0.25) is 0 Å². The lowest BCUT2D eigenvalue weighted by Crippen LogP contribution is -2.13. The monoisotopic (exact) mass is 254 g/mol. The third-order valence-corrected chi connectivity index (χ3v) is 4.31. The number of carbonyl (C=O) groups is 1. The molecule has 1 aromatic rings. The van der Waals surface area contributed by atoms with Gasteiger partial charge in [-0.1, -0.05) is 0 Å². The van der Waals surface area contributed by atoms with Gasteiger partial charge in [-0.05, 0) is 33.9 Å². The molecule has 1 fully saturated rings. The van der Waals surface area contributed by atoms with Crippen molar-refractivity contribution in [1.82, 2.24) is 9.88 Å². The smallest absolute Gasteiger partial charge is 0.350 e. The molecule has 1 aromatic heterocycles. The van der Waals surface area contributed by atoms with Crippen LogP contribution in [-0.4, -0.2) is 42.6 Å². The van der Waals surface area contributed by atoms with E-state index in [0.717, 1.165) is 30.2 Å². The van der Waals surface area contributed by atoms with E-state index in [9.17, 15) is 4.79 Å². The predicted octanol–water partition coefficient (Wildman–Crippen LogP) is 2.05. The van der Waals surface area contributed by atoms with E-state index in [-0.39, 0.29) is 5.97 Å². The van der Waals surface area contributed by atoms with Gasteiger partial charge in [0, 0.05) is 12.5 Å². The molecule has 1 atom stereocenters. The molecule has 0 amide bonds. The van der Waals surface area contributed by atoms with Gasteiger partial charge >= 0.3 is 5.97 Å². The molecule has 0 aromatic carbocycles. The summed E-state index contributed by atoms with van der Waals surface area (Å²) in [7, 11) is 2.12. The number of carbonyl (C=O) groups excluding carboxylic acids is 1. The van der Waals surface area contributed by atoms with E-state index in [1.54, 1.807) is 0 Å². The van der Waals surface area contributed by atoms with E-state index in [4.69, 9.17) is 4.74 Å². The third kappa shape index (κ3) is 2.66. The molecule has 1 unspecified atom stereocenters. The molecule has 5 heteroatoms. The number of hydrogen-bond acceptors (Lipinski definition) is 5. The number of nitrogens with zero attached hydrogens (tertiary/aromatic N) is 2. The summed E-state index contributed by atoms with van der Waals surface area (Å²) in [5, 5.41) is 1.08. The number of thiazole rings is 1. The van der Waals surface area contributed by atoms with E-state index >= 15 is 0 Å². The molecule has 0 aliphatic carbocycles. The predicted molar refractivity (Wildman–Crippen MR) is 67.7 cm³/mol. The molecule has 2 rings (SSSR count). The summed E-state index contributed by atoms with van der Waals surface area (Å²) in [4.78, 5) is 19.2. The molecule has 2 heterocycles. The Hall–Kier alpha value is -0.940. The second-order valence-electron chi connectivity index (χ2n) is 4.43. The largest absolute Gasteiger partial charge is 0.462 e. The molecular formula is C12H18N2O2S. The van der Waals surface area contributed by atoms with Gasteiger partial charge in [-0.25, -0.2) is 9.78 Å². The molecule has 1 aliphatic rings. The van der Waals surface area contributed by atoms with Gasteiger partial charge in [-0.15, -0.1) is 11.3 Å². The van der Waals surface area contributed by atoms with Crippen LogP contribution < -0.4 is 0 Å². The highest BCUT2D eigenvalue weighted by molar-refractivity contribution is 7.13. The molecule has 0 N–H and O–H groups in total. The molecule has 0 spiro atoms. The number of aryl methyl sites for hydroxylation is 1. The first kappa shape index (κ1) is 12.5. The maximum Gasteiger partial charge on any atom is 0.350 e. The standard InChI is InChI=1S/C12H18N2O2S/c1-4-16-12(15)10-8(2)13-11(17-10)9-5-6-14(3)7-9/h9H,4-7H2,1-3H3. The Balaban J connectivity index is 2.15. The van der Waals surface area contributed by atoms with Crippen molar-refractivity contribution >= 4 is 17.3 Å². The molecule has 0 radical (unpaired) electrons. The van der Waals surface area contributed by atoms with E-state index in [1.165, 1.54) is 11.3 Å². The number of aromatic nitrogens is 1. The van der Waals surface area contributed by atoms with Crippen molar-refractivity contribution in [1.29, 1.82) is 0 Å². The Kier molecular flexibility index (Phi) is 3.79. The molecule has 1 aliphatic heterocycles. The third-order valence-electron chi connectivity index (χ3n) is 3.01. The molecule has 4 nitrogen and oxygen atoms in total. The average molecular weight is 254 g/mol. The lowest BCUT2D eigenvalue weighted by molar-refractivity contribution is 0.0531. The second kappa shape index (κ2) is 5.14. The van der Waals surface area contributed by atoms with Crippen LogP contribution in [0.4, 0.5) is 0 Å². The van der Waals surface area contributed by atoms with E-state index in [2.05, 4.69) is 16.9 Å². The molecule has 0 bridgehead atoms. The molecule has 94 valence electrons. The fraction of sp³-hybridized carbons (Fsp3) is 0.667. The van der Waals surface area contributed by atoms with Crippen molar-refractivity contribution in [2.75, 3.05) is 26.7 Å². The SMILES string of the molecule is CCOC(=O)c1sc(C2CCN(C)C2)nc1C. The first-order valence-electron chi connectivity index (χ1n) is 5.94. The van der Waals surface area contributed by atoms with E-state index in [1.807, 2.05) is 13.8 Å². The quantitative estimate of drug-likeness (QED) is 0.774. The average Bonchev–Trinajstić information content (AvgIpc) is 2.85. The number of likely N-dealkylation sites (N-methyl/N-ethyl adjacent to an activating group) is 1. The lowest BCUT2D eigenvalue weighted by atomic mass is 10.1. The van der Waals surface area contributed by atoms with Gasteiger partial charge in [0.2, 0.25) is 0 Å². The summed E-state index contributed by atoms with van der Waals surface area (Å²) < 4.78 is 5.03. The Morgan fingerprint density at radius 3 is 3.00 bits per heavy atom. The molecule has 0 saturated carbocycles. The first-order valence-corrected chi connectivity index (χ1v) is 6.76. The van der Waals surface area contributed by atoms with Crippen LogP contribution in [-0.2, 0) is 4.74 Å². The van der Waals surface area contributed by atoms with Crippen molar-refractivity contribution in [2.45, 2.75) is 26.2 Å². The van der Waals surface area contributed by atoms with Crippen molar-refractivity contribution in [3.8, 4) is 0 Å². The topological polar surface area (TPSA) is 42.4 Å². The van der Waals surface area contributed by atoms with Gasteiger partial charge in [0.15, 0.2) is 0 Å². The maximum atomic E-state index is 11.7. The Bertz CT molecular complexity index is 417. The zero-order valence-corrected chi connectivity index (χ0v) is 11.3. The van der Waals surface area contributed by atoms with Gasteiger partial charge in [0.25, 0.3) is 0 Å². The van der Waals surface area contributed by atoms with Crippen molar-refractivity contribution in [3.63, 3.8) is 0 Å². The van der Waals surface area contributed by atoms with E-state index < -0.39 is 0 Å². The summed E-state index contributed by atoms with van der Waals surface area (Å²) in [6.45, 7) is 6.26. The minimum atomic E-state index is -0.236. The van der Waals surface area contributed by atoms with Crippen LogP contribution in [0.25, 0.3) is 0 Å². The van der Waals surface area contributed by atoms with Crippen LogP contribution in [0, 0.1) is 6.92 Å². The van der Waals surface area contributed by atoms with Crippen LogP contribution in [0.3, 0.4) is 0 Å². The van der Waals surface area contributed by atoms with Crippen LogP contribution in [0.1, 0.15) is 39.6 Å². The number of ether oxygens (including phenoxy) is 1. The molecule has 17 heavy (non-hydrogen) atoms. The summed E-state index contributed by atoms with van der Waals surface area (Å²) in [5.41, 5.74) is 0.804. The van der Waals surface area contributed by atoms with Crippen molar-refractivity contribution < 1.29 is 9.53 Å². The maximum absolute atomic E-state index is 11.7.